The van der Waals surface area contributed by atoms with E-state index < -0.39 is 4.33 Å². The van der Waals surface area contributed by atoms with E-state index in [1.807, 2.05) is 6.92 Å². The van der Waals surface area contributed by atoms with Gasteiger partial charge in [-0.15, -0.1) is 0 Å². The highest BCUT2D eigenvalue weighted by atomic mass is 35.5. The van der Waals surface area contributed by atoms with Crippen molar-refractivity contribution in [3.05, 3.63) is 0 Å². The van der Waals surface area contributed by atoms with Crippen molar-refractivity contribution >= 4 is 29.0 Å². The lowest BCUT2D eigenvalue weighted by Crippen LogP contribution is -2.20. The van der Waals surface area contributed by atoms with Gasteiger partial charge in [0.15, 0.2) is 10.1 Å². The maximum atomic E-state index is 10.8. The fourth-order valence-electron chi connectivity index (χ4n) is 0.447. The van der Waals surface area contributed by atoms with Crippen LogP contribution in [0.5, 0.6) is 0 Å². The molecule has 54 valence electrons. The normalized spacial score (nSPS) is 11.6. The predicted molar refractivity (Wildman–Crippen MR) is 40.0 cm³/mol. The number of Topliss-reactive ketones (excluding diaryl/α,β-unsaturated/α-hetero) is 1. The van der Waals surface area contributed by atoms with Crippen LogP contribution in [0.1, 0.15) is 26.7 Å². The molecule has 0 amide bonds. The molecule has 0 saturated carbocycles. The van der Waals surface area contributed by atoms with Crippen LogP contribution in [-0.4, -0.2) is 10.1 Å². The van der Waals surface area contributed by atoms with Crippen molar-refractivity contribution in [3.8, 4) is 0 Å². The van der Waals surface area contributed by atoms with E-state index in [0.29, 0.717) is 6.42 Å². The van der Waals surface area contributed by atoms with Gasteiger partial charge in [0.05, 0.1) is 0 Å². The fourth-order valence-corrected chi connectivity index (χ4v) is 0.636. The first-order valence-corrected chi connectivity index (χ1v) is 3.65. The first-order valence-electron chi connectivity index (χ1n) is 2.89. The summed E-state index contributed by atoms with van der Waals surface area (Å²) in [7, 11) is 0. The summed E-state index contributed by atoms with van der Waals surface area (Å²) in [6.45, 7) is 3.41. The van der Waals surface area contributed by atoms with E-state index in [9.17, 15) is 4.79 Å². The Kier molecular flexibility index (Phi) is 3.52. The third-order valence-corrected chi connectivity index (χ3v) is 1.39. The number of ketones is 1. The molecule has 0 saturated heterocycles. The molecule has 0 unspecified atom stereocenters. The summed E-state index contributed by atoms with van der Waals surface area (Å²) >= 11 is 11.0. The zero-order valence-electron chi connectivity index (χ0n) is 5.58. The maximum absolute atomic E-state index is 10.8. The Morgan fingerprint density at radius 3 is 2.11 bits per heavy atom. The molecule has 0 spiro atoms. The molecule has 0 aromatic carbocycles. The van der Waals surface area contributed by atoms with E-state index >= 15 is 0 Å². The van der Waals surface area contributed by atoms with Gasteiger partial charge in [0, 0.05) is 6.42 Å². The largest absolute Gasteiger partial charge is 0.296 e. The molecule has 0 fully saturated rings. The van der Waals surface area contributed by atoms with Crippen LogP contribution >= 0.6 is 23.2 Å². The zero-order valence-corrected chi connectivity index (χ0v) is 7.09. The van der Waals surface area contributed by atoms with Crippen molar-refractivity contribution in [2.24, 2.45) is 0 Å². The third-order valence-electron chi connectivity index (χ3n) is 0.967. The SMILES string of the molecule is CCCC(=O)C(C)(Cl)Cl. The van der Waals surface area contributed by atoms with Crippen molar-refractivity contribution in [1.82, 2.24) is 0 Å². The Morgan fingerprint density at radius 1 is 1.56 bits per heavy atom. The van der Waals surface area contributed by atoms with Gasteiger partial charge < -0.3 is 0 Å². The molecular weight excluding hydrogens is 159 g/mol. The monoisotopic (exact) mass is 168 g/mol. The second-order valence-corrected chi connectivity index (χ2v) is 3.77. The number of hydrogen-bond acceptors (Lipinski definition) is 1. The molecule has 0 aliphatic carbocycles. The minimum atomic E-state index is -1.18. The third kappa shape index (κ3) is 3.77. The molecule has 0 aliphatic heterocycles. The van der Waals surface area contributed by atoms with E-state index in [0.717, 1.165) is 6.42 Å². The first kappa shape index (κ1) is 9.25. The quantitative estimate of drug-likeness (QED) is 0.593. The van der Waals surface area contributed by atoms with E-state index in [-0.39, 0.29) is 5.78 Å². The summed E-state index contributed by atoms with van der Waals surface area (Å²) in [5.74, 6) is -0.103. The summed E-state index contributed by atoms with van der Waals surface area (Å²) in [5, 5.41) is 0. The molecule has 0 rings (SSSR count). The Labute approximate surface area is 65.3 Å². The van der Waals surface area contributed by atoms with E-state index in [1.165, 1.54) is 6.92 Å². The lowest BCUT2D eigenvalue weighted by atomic mass is 10.2. The number of alkyl halides is 2. The standard InChI is InChI=1S/C6H10Cl2O/c1-3-4-5(9)6(2,7)8/h3-4H2,1-2H3. The van der Waals surface area contributed by atoms with Gasteiger partial charge in [0.25, 0.3) is 0 Å². The molecule has 0 aromatic heterocycles. The van der Waals surface area contributed by atoms with E-state index in [2.05, 4.69) is 0 Å². The molecule has 0 aromatic rings. The zero-order chi connectivity index (χ0) is 7.49. The summed E-state index contributed by atoms with van der Waals surface area (Å²) < 4.78 is -1.18. The van der Waals surface area contributed by atoms with Gasteiger partial charge in [-0.05, 0) is 13.3 Å². The molecule has 0 atom stereocenters. The molecule has 3 heteroatoms. The van der Waals surface area contributed by atoms with Gasteiger partial charge in [0.1, 0.15) is 0 Å². The Balaban J connectivity index is 3.74. The van der Waals surface area contributed by atoms with Crippen LogP contribution in [-0.2, 0) is 4.79 Å². The fraction of sp³-hybridized carbons (Fsp3) is 0.833. The smallest absolute Gasteiger partial charge is 0.173 e. The number of hydrogen-bond donors (Lipinski definition) is 0. The number of halogens is 2. The van der Waals surface area contributed by atoms with Crippen LogP contribution in [0.3, 0.4) is 0 Å². The molecule has 1 nitrogen and oxygen atoms in total. The van der Waals surface area contributed by atoms with Crippen LogP contribution in [0, 0.1) is 0 Å². The van der Waals surface area contributed by atoms with Gasteiger partial charge >= 0.3 is 0 Å². The Hall–Kier alpha value is 0.250. The summed E-state index contributed by atoms with van der Waals surface area (Å²) in [5.41, 5.74) is 0. The summed E-state index contributed by atoms with van der Waals surface area (Å²) in [6.07, 6.45) is 1.26. The average molecular weight is 169 g/mol. The highest BCUT2D eigenvalue weighted by Crippen LogP contribution is 2.22. The number of carbonyl (C=O) groups excluding carboxylic acids is 1. The molecule has 0 bridgehead atoms. The van der Waals surface area contributed by atoms with Crippen molar-refractivity contribution in [2.75, 3.05) is 0 Å². The summed E-state index contributed by atoms with van der Waals surface area (Å²) in [6, 6.07) is 0. The van der Waals surface area contributed by atoms with Crippen molar-refractivity contribution in [1.29, 1.82) is 0 Å². The molecule has 0 aliphatic rings. The number of carbonyl (C=O) groups is 1. The second-order valence-electron chi connectivity index (χ2n) is 2.06. The lowest BCUT2D eigenvalue weighted by Gasteiger charge is -2.09. The highest BCUT2D eigenvalue weighted by molar-refractivity contribution is 6.57. The summed E-state index contributed by atoms with van der Waals surface area (Å²) in [4.78, 5) is 10.8. The van der Waals surface area contributed by atoms with Gasteiger partial charge in [0.2, 0.25) is 0 Å². The highest BCUT2D eigenvalue weighted by Gasteiger charge is 2.25. The molecule has 0 heterocycles. The van der Waals surface area contributed by atoms with Crippen molar-refractivity contribution in [3.63, 3.8) is 0 Å². The van der Waals surface area contributed by atoms with Crippen LogP contribution in [0.25, 0.3) is 0 Å². The minimum Gasteiger partial charge on any atom is -0.296 e. The minimum absolute atomic E-state index is 0.103. The molecular formula is C6H10Cl2O. The van der Waals surface area contributed by atoms with Gasteiger partial charge in [-0.25, -0.2) is 0 Å². The van der Waals surface area contributed by atoms with Crippen LogP contribution in [0.2, 0.25) is 0 Å². The lowest BCUT2D eigenvalue weighted by molar-refractivity contribution is -0.119. The molecule has 9 heavy (non-hydrogen) atoms. The van der Waals surface area contributed by atoms with Crippen molar-refractivity contribution in [2.45, 2.75) is 31.0 Å². The van der Waals surface area contributed by atoms with Gasteiger partial charge in [-0.3, -0.25) is 4.79 Å². The topological polar surface area (TPSA) is 17.1 Å². The average Bonchev–Trinajstić information content (AvgIpc) is 1.64. The van der Waals surface area contributed by atoms with E-state index in [4.69, 9.17) is 23.2 Å². The maximum Gasteiger partial charge on any atom is 0.173 e. The Bertz CT molecular complexity index is 104. The van der Waals surface area contributed by atoms with Crippen LogP contribution in [0.15, 0.2) is 0 Å². The molecule has 0 radical (unpaired) electrons. The Morgan fingerprint density at radius 2 is 2.00 bits per heavy atom. The van der Waals surface area contributed by atoms with Crippen molar-refractivity contribution < 1.29 is 4.79 Å². The van der Waals surface area contributed by atoms with Gasteiger partial charge in [-0.2, -0.15) is 0 Å². The second kappa shape index (κ2) is 3.43. The van der Waals surface area contributed by atoms with E-state index in [1.54, 1.807) is 0 Å². The van der Waals surface area contributed by atoms with Gasteiger partial charge in [-0.1, -0.05) is 30.1 Å². The molecule has 0 N–H and O–H groups in total. The van der Waals surface area contributed by atoms with Crippen LogP contribution < -0.4 is 0 Å². The predicted octanol–water partition coefficient (Wildman–Crippen LogP) is 2.55. The first-order chi connectivity index (χ1) is 3.98. The number of rotatable bonds is 3. The van der Waals surface area contributed by atoms with Crippen LogP contribution in [0.4, 0.5) is 0 Å².